The van der Waals surface area contributed by atoms with Crippen LogP contribution in [0.4, 0.5) is 5.82 Å². The van der Waals surface area contributed by atoms with Gasteiger partial charge in [-0.3, -0.25) is 9.82 Å². The fourth-order valence-corrected chi connectivity index (χ4v) is 2.06. The van der Waals surface area contributed by atoms with E-state index in [0.717, 1.165) is 0 Å². The van der Waals surface area contributed by atoms with Crippen LogP contribution in [0.3, 0.4) is 0 Å². The number of nitrogens with zero attached hydrogens (tertiary/aromatic N) is 2. The Morgan fingerprint density at radius 3 is 2.93 bits per heavy atom. The van der Waals surface area contributed by atoms with Crippen molar-refractivity contribution in [3.8, 4) is 6.07 Å². The fourth-order valence-electron chi connectivity index (χ4n) is 0.917. The maximum atomic E-state index is 11.5. The summed E-state index contributed by atoms with van der Waals surface area (Å²) >= 11 is 0. The molecule has 14 heavy (non-hydrogen) atoms. The molecule has 0 aliphatic rings. The minimum Gasteiger partial charge on any atom is -0.267 e. The Morgan fingerprint density at radius 1 is 1.79 bits per heavy atom. The molecule has 0 fully saturated rings. The highest BCUT2D eigenvalue weighted by Crippen LogP contribution is 2.09. The van der Waals surface area contributed by atoms with E-state index in [1.54, 1.807) is 13.0 Å². The van der Waals surface area contributed by atoms with Crippen molar-refractivity contribution >= 4 is 15.8 Å². The molecule has 0 saturated carbocycles. The zero-order chi connectivity index (χ0) is 10.6. The molecule has 1 unspecified atom stereocenters. The Kier molecular flexibility index (Phi) is 3.09. The van der Waals surface area contributed by atoms with Crippen molar-refractivity contribution in [1.29, 1.82) is 5.26 Å². The van der Waals surface area contributed by atoms with E-state index >= 15 is 0 Å². The number of aromatic amines is 1. The van der Waals surface area contributed by atoms with Gasteiger partial charge in [-0.2, -0.15) is 10.4 Å². The van der Waals surface area contributed by atoms with Gasteiger partial charge in [-0.15, -0.1) is 0 Å². The van der Waals surface area contributed by atoms with Gasteiger partial charge in [0.05, 0.1) is 12.3 Å². The lowest BCUT2D eigenvalue weighted by Crippen LogP contribution is -2.26. The topological polar surface area (TPSA) is 98.6 Å². The SMILES string of the molecule is CCC(C#N)S(=O)(=O)Nc1ccn[nH]1. The third-order valence-corrected chi connectivity index (χ3v) is 3.33. The number of aromatic nitrogens is 2. The van der Waals surface area contributed by atoms with Crippen LogP contribution in [0.2, 0.25) is 0 Å². The van der Waals surface area contributed by atoms with E-state index < -0.39 is 15.3 Å². The number of nitriles is 1. The number of H-pyrrole nitrogens is 1. The molecule has 1 aromatic rings. The Balaban J connectivity index is 2.83. The van der Waals surface area contributed by atoms with Crippen LogP contribution in [0.5, 0.6) is 0 Å². The number of hydrogen-bond donors (Lipinski definition) is 2. The highest BCUT2D eigenvalue weighted by Gasteiger charge is 2.23. The van der Waals surface area contributed by atoms with E-state index in [1.807, 2.05) is 0 Å². The summed E-state index contributed by atoms with van der Waals surface area (Å²) in [7, 11) is -3.63. The monoisotopic (exact) mass is 214 g/mol. The predicted octanol–water partition coefficient (Wildman–Crippen LogP) is 0.454. The summed E-state index contributed by atoms with van der Waals surface area (Å²) in [5, 5.41) is 13.6. The molecule has 0 saturated heterocycles. The van der Waals surface area contributed by atoms with Gasteiger partial charge in [-0.1, -0.05) is 6.92 Å². The third-order valence-electron chi connectivity index (χ3n) is 1.64. The molecule has 1 atom stereocenters. The molecule has 1 aromatic heterocycles. The van der Waals surface area contributed by atoms with Crippen molar-refractivity contribution in [2.24, 2.45) is 0 Å². The maximum Gasteiger partial charge on any atom is 0.250 e. The molecule has 1 heterocycles. The van der Waals surface area contributed by atoms with Crippen molar-refractivity contribution in [3.63, 3.8) is 0 Å². The minimum absolute atomic E-state index is 0.250. The molecule has 0 aromatic carbocycles. The number of rotatable bonds is 4. The zero-order valence-corrected chi connectivity index (χ0v) is 8.37. The van der Waals surface area contributed by atoms with E-state index in [1.165, 1.54) is 12.3 Å². The first-order chi connectivity index (χ1) is 6.60. The second-order valence-electron chi connectivity index (χ2n) is 2.64. The molecule has 0 amide bonds. The number of nitrogens with one attached hydrogen (secondary N) is 2. The largest absolute Gasteiger partial charge is 0.267 e. The molecule has 2 N–H and O–H groups in total. The van der Waals surface area contributed by atoms with Gasteiger partial charge in [0.15, 0.2) is 5.25 Å². The standard InChI is InChI=1S/C7H10N4O2S/c1-2-6(5-8)14(12,13)11-7-3-4-9-10-7/h3-4,6H,2H2,1H3,(H2,9,10,11). The Labute approximate surface area is 82.0 Å². The van der Waals surface area contributed by atoms with Crippen LogP contribution in [0.15, 0.2) is 12.3 Å². The number of anilines is 1. The lowest BCUT2D eigenvalue weighted by molar-refractivity contribution is 0.592. The highest BCUT2D eigenvalue weighted by molar-refractivity contribution is 7.93. The van der Waals surface area contributed by atoms with E-state index in [-0.39, 0.29) is 12.2 Å². The summed E-state index contributed by atoms with van der Waals surface area (Å²) in [6.45, 7) is 1.64. The van der Waals surface area contributed by atoms with Crippen molar-refractivity contribution in [2.75, 3.05) is 4.72 Å². The lowest BCUT2D eigenvalue weighted by Gasteiger charge is -2.08. The van der Waals surface area contributed by atoms with E-state index in [9.17, 15) is 8.42 Å². The second-order valence-corrected chi connectivity index (χ2v) is 4.51. The molecule has 7 heteroatoms. The molecule has 1 rings (SSSR count). The molecule has 0 radical (unpaired) electrons. The summed E-state index contributed by atoms with van der Waals surface area (Å²) in [6.07, 6.45) is 1.67. The lowest BCUT2D eigenvalue weighted by atomic mass is 10.4. The van der Waals surface area contributed by atoms with Crippen molar-refractivity contribution < 1.29 is 8.42 Å². The van der Waals surface area contributed by atoms with Crippen LogP contribution >= 0.6 is 0 Å². The van der Waals surface area contributed by atoms with Gasteiger partial charge in [0, 0.05) is 6.07 Å². The number of sulfonamides is 1. The van der Waals surface area contributed by atoms with Gasteiger partial charge in [0.25, 0.3) is 0 Å². The Hall–Kier alpha value is -1.55. The summed E-state index contributed by atoms with van der Waals surface area (Å²) in [4.78, 5) is 0. The van der Waals surface area contributed by atoms with Crippen LogP contribution < -0.4 is 4.72 Å². The summed E-state index contributed by atoms with van der Waals surface area (Å²) in [5.74, 6) is 0.263. The molecule has 0 spiro atoms. The first-order valence-electron chi connectivity index (χ1n) is 4.00. The van der Waals surface area contributed by atoms with Gasteiger partial charge in [0.1, 0.15) is 5.82 Å². The van der Waals surface area contributed by atoms with Crippen molar-refractivity contribution in [1.82, 2.24) is 10.2 Å². The first-order valence-corrected chi connectivity index (χ1v) is 5.55. The quantitative estimate of drug-likeness (QED) is 0.760. The second kappa shape index (κ2) is 4.11. The van der Waals surface area contributed by atoms with Crippen LogP contribution in [0.1, 0.15) is 13.3 Å². The van der Waals surface area contributed by atoms with Crippen LogP contribution in [0.25, 0.3) is 0 Å². The van der Waals surface area contributed by atoms with Gasteiger partial charge in [-0.05, 0) is 6.42 Å². The molecular formula is C7H10N4O2S. The van der Waals surface area contributed by atoms with Crippen molar-refractivity contribution in [2.45, 2.75) is 18.6 Å². The molecule has 0 bridgehead atoms. The van der Waals surface area contributed by atoms with Gasteiger partial charge in [0.2, 0.25) is 10.0 Å². The normalized spacial score (nSPS) is 13.1. The minimum atomic E-state index is -3.63. The fraction of sp³-hybridized carbons (Fsp3) is 0.429. The third kappa shape index (κ3) is 2.23. The van der Waals surface area contributed by atoms with E-state index in [0.29, 0.717) is 0 Å². The molecule has 6 nitrogen and oxygen atoms in total. The van der Waals surface area contributed by atoms with E-state index in [2.05, 4.69) is 14.9 Å². The predicted molar refractivity (Wildman–Crippen MR) is 50.8 cm³/mol. The van der Waals surface area contributed by atoms with E-state index in [4.69, 9.17) is 5.26 Å². The smallest absolute Gasteiger partial charge is 0.250 e. The first kappa shape index (κ1) is 10.5. The van der Waals surface area contributed by atoms with Crippen molar-refractivity contribution in [3.05, 3.63) is 12.3 Å². The molecular weight excluding hydrogens is 204 g/mol. The van der Waals surface area contributed by atoms with Crippen LogP contribution in [-0.2, 0) is 10.0 Å². The van der Waals surface area contributed by atoms with Gasteiger partial charge in [-0.25, -0.2) is 8.42 Å². The van der Waals surface area contributed by atoms with Crippen LogP contribution in [0, 0.1) is 11.3 Å². The molecule has 76 valence electrons. The average Bonchev–Trinajstić information content (AvgIpc) is 2.57. The summed E-state index contributed by atoms with van der Waals surface area (Å²) in [5.41, 5.74) is 0. The average molecular weight is 214 g/mol. The highest BCUT2D eigenvalue weighted by atomic mass is 32.2. The Bertz CT molecular complexity index is 417. The summed E-state index contributed by atoms with van der Waals surface area (Å²) in [6, 6.07) is 3.19. The summed E-state index contributed by atoms with van der Waals surface area (Å²) < 4.78 is 25.2. The number of hydrogen-bond acceptors (Lipinski definition) is 4. The van der Waals surface area contributed by atoms with Crippen LogP contribution in [-0.4, -0.2) is 23.9 Å². The Morgan fingerprint density at radius 2 is 2.50 bits per heavy atom. The van der Waals surface area contributed by atoms with Gasteiger partial charge >= 0.3 is 0 Å². The molecule has 0 aliphatic heterocycles. The zero-order valence-electron chi connectivity index (χ0n) is 7.56. The van der Waals surface area contributed by atoms with Gasteiger partial charge < -0.3 is 0 Å². The molecule has 0 aliphatic carbocycles. The maximum absolute atomic E-state index is 11.5.